The summed E-state index contributed by atoms with van der Waals surface area (Å²) in [7, 11) is 0. The van der Waals surface area contributed by atoms with Gasteiger partial charge in [-0.25, -0.2) is 23.7 Å². The molecule has 30 heavy (non-hydrogen) atoms. The molecule has 8 nitrogen and oxygen atoms in total. The van der Waals surface area contributed by atoms with Gasteiger partial charge in [0, 0.05) is 12.1 Å². The number of hydrogen-bond donors (Lipinski definition) is 3. The zero-order valence-corrected chi connectivity index (χ0v) is 15.9. The van der Waals surface area contributed by atoms with E-state index in [0.717, 1.165) is 38.1 Å². The lowest BCUT2D eigenvalue weighted by molar-refractivity contribution is -0.148. The molecule has 3 aromatic rings. The van der Waals surface area contributed by atoms with Gasteiger partial charge in [0.25, 0.3) is 0 Å². The van der Waals surface area contributed by atoms with Crippen molar-refractivity contribution in [3.63, 3.8) is 0 Å². The first kappa shape index (κ1) is 18.7. The zero-order chi connectivity index (χ0) is 21.0. The minimum Gasteiger partial charge on any atom is -0.481 e. The second-order valence-electron chi connectivity index (χ2n) is 8.03. The summed E-state index contributed by atoms with van der Waals surface area (Å²) in [5.41, 5.74) is 6.71. The third-order valence-electron chi connectivity index (χ3n) is 6.46. The number of aliphatic carboxylic acids is 1. The maximum absolute atomic E-state index is 14.8. The summed E-state index contributed by atoms with van der Waals surface area (Å²) < 4.78 is 29.9. The zero-order valence-electron chi connectivity index (χ0n) is 15.9. The largest absolute Gasteiger partial charge is 0.481 e. The van der Waals surface area contributed by atoms with Crippen LogP contribution in [0, 0.1) is 29.4 Å². The summed E-state index contributed by atoms with van der Waals surface area (Å²) in [6.45, 7) is 0. The van der Waals surface area contributed by atoms with Crippen LogP contribution in [0.15, 0.2) is 24.8 Å². The first-order valence-corrected chi connectivity index (χ1v) is 9.86. The Hall–Kier alpha value is -3.30. The van der Waals surface area contributed by atoms with Gasteiger partial charge in [-0.1, -0.05) is 0 Å². The number of rotatable bonds is 4. The van der Waals surface area contributed by atoms with Gasteiger partial charge in [0.05, 0.1) is 24.0 Å². The predicted octanol–water partition coefficient (Wildman–Crippen LogP) is 2.98. The predicted molar refractivity (Wildman–Crippen MR) is 105 cm³/mol. The van der Waals surface area contributed by atoms with E-state index in [2.05, 4.69) is 20.3 Å². The molecule has 156 valence electrons. The van der Waals surface area contributed by atoms with Crippen LogP contribution in [0.25, 0.3) is 16.9 Å². The van der Waals surface area contributed by atoms with Crippen LogP contribution in [0.5, 0.6) is 0 Å². The lowest BCUT2D eigenvalue weighted by Crippen LogP contribution is -2.51. The first-order chi connectivity index (χ1) is 14.4. The molecular weight excluding hydrogens is 394 g/mol. The number of carbonyl (C=O) groups is 1. The number of aromatic nitrogens is 4. The number of halogens is 2. The van der Waals surface area contributed by atoms with Gasteiger partial charge in [-0.15, -0.1) is 0 Å². The highest BCUT2D eigenvalue weighted by Crippen LogP contribution is 2.47. The topological polar surface area (TPSA) is 119 Å². The molecule has 3 aliphatic rings. The molecule has 4 N–H and O–H groups in total. The fraction of sp³-hybridized carbons (Fsp3) is 0.400. The summed E-state index contributed by atoms with van der Waals surface area (Å²) in [4.78, 5) is 24.1. The molecule has 0 unspecified atom stereocenters. The van der Waals surface area contributed by atoms with Gasteiger partial charge in [-0.2, -0.15) is 0 Å². The van der Waals surface area contributed by atoms with Crippen molar-refractivity contribution in [2.24, 2.45) is 17.8 Å². The Kier molecular flexibility index (Phi) is 4.30. The maximum atomic E-state index is 14.8. The quantitative estimate of drug-likeness (QED) is 0.600. The number of imidazole rings is 1. The lowest BCUT2D eigenvalue weighted by atomic mass is 9.61. The monoisotopic (exact) mass is 414 g/mol. The molecule has 0 aliphatic heterocycles. The molecule has 3 fully saturated rings. The van der Waals surface area contributed by atoms with E-state index in [-0.39, 0.29) is 46.2 Å². The van der Waals surface area contributed by atoms with Crippen LogP contribution in [0.2, 0.25) is 0 Å². The Labute approximate surface area is 170 Å². The highest BCUT2D eigenvalue weighted by atomic mass is 19.1. The molecule has 2 bridgehead atoms. The number of nitrogens with zero attached hydrogens (tertiary/aromatic N) is 4. The van der Waals surface area contributed by atoms with Gasteiger partial charge in [-0.3, -0.25) is 9.36 Å². The van der Waals surface area contributed by atoms with Crippen LogP contribution >= 0.6 is 0 Å². The number of fused-ring (bicyclic) bond motifs is 4. The summed E-state index contributed by atoms with van der Waals surface area (Å²) in [5.74, 6) is -2.33. The summed E-state index contributed by atoms with van der Waals surface area (Å²) >= 11 is 0. The average Bonchev–Trinajstić information content (AvgIpc) is 3.16. The van der Waals surface area contributed by atoms with E-state index in [1.54, 1.807) is 0 Å². The summed E-state index contributed by atoms with van der Waals surface area (Å²) in [6.07, 6.45) is 7.02. The lowest BCUT2D eigenvalue weighted by Gasteiger charge is -2.47. The fourth-order valence-electron chi connectivity index (χ4n) is 5.06. The van der Waals surface area contributed by atoms with Crippen LogP contribution in [-0.4, -0.2) is 36.6 Å². The number of nitrogen functional groups attached to an aromatic ring is 1. The second-order valence-corrected chi connectivity index (χ2v) is 8.03. The van der Waals surface area contributed by atoms with Crippen LogP contribution in [-0.2, 0) is 4.79 Å². The molecule has 2 atom stereocenters. The third-order valence-corrected chi connectivity index (χ3v) is 6.46. The van der Waals surface area contributed by atoms with Gasteiger partial charge in [0.1, 0.15) is 29.2 Å². The molecular formula is C20H20F2N6O2. The van der Waals surface area contributed by atoms with E-state index < -0.39 is 23.5 Å². The van der Waals surface area contributed by atoms with Gasteiger partial charge in [0.2, 0.25) is 0 Å². The van der Waals surface area contributed by atoms with E-state index >= 15 is 0 Å². The summed E-state index contributed by atoms with van der Waals surface area (Å²) in [6, 6.07) is 0.809. The smallest absolute Gasteiger partial charge is 0.308 e. The van der Waals surface area contributed by atoms with Crippen LogP contribution < -0.4 is 11.1 Å². The minimum absolute atomic E-state index is 0.0758. The maximum Gasteiger partial charge on any atom is 0.308 e. The van der Waals surface area contributed by atoms with Crippen LogP contribution in [0.3, 0.4) is 0 Å². The second kappa shape index (κ2) is 6.89. The van der Waals surface area contributed by atoms with E-state index in [1.165, 1.54) is 17.0 Å². The molecule has 10 heteroatoms. The first-order valence-electron chi connectivity index (χ1n) is 9.86. The van der Waals surface area contributed by atoms with Crippen molar-refractivity contribution in [1.82, 2.24) is 19.5 Å². The molecule has 6 rings (SSSR count). The Balaban J connectivity index is 1.59. The molecule has 3 saturated carbocycles. The number of carboxylic acids is 1. The van der Waals surface area contributed by atoms with Crippen molar-refractivity contribution in [3.05, 3.63) is 36.4 Å². The number of nitrogens with two attached hydrogens (primary N) is 1. The average molecular weight is 414 g/mol. The number of nitrogens with one attached hydrogen (secondary N) is 1. The third kappa shape index (κ3) is 2.86. The molecule has 3 aliphatic carbocycles. The standard InChI is InChI=1S/C20H20F2N6O2/c21-11-5-13(18(23)24-6-11)28-8-26-17-16(12(22)7-25-19(17)28)27-15-10-3-1-9(2-4-10)14(15)20(29)30/h5-10,14-15H,1-4H2,(H2,23,24)(H,25,27)(H,29,30)/t9-,10+,14-,15-/m0/s1. The van der Waals surface area contributed by atoms with Gasteiger partial charge >= 0.3 is 5.97 Å². The van der Waals surface area contributed by atoms with E-state index in [0.29, 0.717) is 0 Å². The molecule has 0 amide bonds. The van der Waals surface area contributed by atoms with Crippen LogP contribution in [0.4, 0.5) is 20.3 Å². The Morgan fingerprint density at radius 1 is 1.13 bits per heavy atom. The minimum atomic E-state index is -0.864. The van der Waals surface area contributed by atoms with E-state index in [4.69, 9.17) is 5.73 Å². The van der Waals surface area contributed by atoms with Crippen molar-refractivity contribution in [2.75, 3.05) is 11.1 Å². The Morgan fingerprint density at radius 2 is 1.87 bits per heavy atom. The Morgan fingerprint density at radius 3 is 2.60 bits per heavy atom. The molecule has 3 heterocycles. The Bertz CT molecular complexity index is 1140. The van der Waals surface area contributed by atoms with E-state index in [1.807, 2.05) is 0 Å². The van der Waals surface area contributed by atoms with Gasteiger partial charge in [-0.05, 0) is 37.5 Å². The molecule has 3 aromatic heterocycles. The highest BCUT2D eigenvalue weighted by Gasteiger charge is 2.47. The molecule has 0 spiro atoms. The molecule has 0 aromatic carbocycles. The number of carboxylic acid groups (broad SMARTS) is 1. The van der Waals surface area contributed by atoms with Crippen molar-refractivity contribution < 1.29 is 18.7 Å². The fourth-order valence-corrected chi connectivity index (χ4v) is 5.06. The van der Waals surface area contributed by atoms with Gasteiger partial charge < -0.3 is 16.2 Å². The number of anilines is 2. The highest BCUT2D eigenvalue weighted by molar-refractivity contribution is 5.88. The number of hydrogen-bond acceptors (Lipinski definition) is 6. The summed E-state index contributed by atoms with van der Waals surface area (Å²) in [5, 5.41) is 12.9. The van der Waals surface area contributed by atoms with Crippen molar-refractivity contribution >= 4 is 28.6 Å². The number of pyridine rings is 2. The van der Waals surface area contributed by atoms with Crippen LogP contribution in [0.1, 0.15) is 25.7 Å². The molecule has 0 saturated heterocycles. The van der Waals surface area contributed by atoms with Crippen molar-refractivity contribution in [1.29, 1.82) is 0 Å². The van der Waals surface area contributed by atoms with Crippen molar-refractivity contribution in [2.45, 2.75) is 31.7 Å². The van der Waals surface area contributed by atoms with Gasteiger partial charge in [0.15, 0.2) is 11.5 Å². The normalized spacial score (nSPS) is 25.5. The van der Waals surface area contributed by atoms with Crippen molar-refractivity contribution in [3.8, 4) is 5.69 Å². The van der Waals surface area contributed by atoms with E-state index in [9.17, 15) is 18.7 Å². The molecule has 0 radical (unpaired) electrons. The SMILES string of the molecule is Nc1ncc(F)cc1-n1cnc2c(N[C@H]3[C@H]4CC[C@H](CC4)[C@@H]3C(=O)O)c(F)cnc21.